The van der Waals surface area contributed by atoms with Gasteiger partial charge < -0.3 is 20.5 Å². The Morgan fingerprint density at radius 1 is 1.35 bits per heavy atom. The molecule has 0 fully saturated rings. The second-order valence-corrected chi connectivity index (χ2v) is 3.81. The minimum absolute atomic E-state index is 0.469. The largest absolute Gasteiger partial charge is 0.497 e. The molecule has 1 atom stereocenters. The molecule has 5 nitrogen and oxygen atoms in total. The fourth-order valence-electron chi connectivity index (χ4n) is 1.60. The Bertz CT molecular complexity index is 420. The lowest BCUT2D eigenvalue weighted by atomic mass is 9.90. The van der Waals surface area contributed by atoms with E-state index in [4.69, 9.17) is 15.2 Å². The van der Waals surface area contributed by atoms with Crippen LogP contribution in [0.2, 0.25) is 0 Å². The van der Waals surface area contributed by atoms with Gasteiger partial charge in [0.1, 0.15) is 17.0 Å². The van der Waals surface area contributed by atoms with Crippen LogP contribution < -0.4 is 20.5 Å². The van der Waals surface area contributed by atoms with Crippen molar-refractivity contribution >= 4 is 5.91 Å². The van der Waals surface area contributed by atoms with Crippen molar-refractivity contribution in [2.75, 3.05) is 21.3 Å². The van der Waals surface area contributed by atoms with Gasteiger partial charge in [0.2, 0.25) is 5.91 Å². The molecular formula is C12H18N2O3. The first kappa shape index (κ1) is 13.3. The molecule has 1 unspecified atom stereocenters. The van der Waals surface area contributed by atoms with Crippen molar-refractivity contribution in [3.63, 3.8) is 0 Å². The Morgan fingerprint density at radius 2 is 2.00 bits per heavy atom. The highest BCUT2D eigenvalue weighted by Crippen LogP contribution is 2.32. The van der Waals surface area contributed by atoms with Crippen molar-refractivity contribution in [1.82, 2.24) is 5.32 Å². The first-order valence-corrected chi connectivity index (χ1v) is 5.21. The summed E-state index contributed by atoms with van der Waals surface area (Å²) >= 11 is 0. The number of methoxy groups -OCH3 is 2. The molecule has 5 heteroatoms. The number of nitrogens with two attached hydrogens (primary N) is 1. The smallest absolute Gasteiger partial charge is 0.242 e. The van der Waals surface area contributed by atoms with Crippen molar-refractivity contribution in [2.45, 2.75) is 12.5 Å². The van der Waals surface area contributed by atoms with Crippen LogP contribution in [-0.2, 0) is 10.3 Å². The molecule has 0 aliphatic carbocycles. The van der Waals surface area contributed by atoms with Crippen LogP contribution >= 0.6 is 0 Å². The van der Waals surface area contributed by atoms with E-state index in [0.717, 1.165) is 0 Å². The molecule has 94 valence electrons. The Hall–Kier alpha value is -1.75. The van der Waals surface area contributed by atoms with Crippen LogP contribution in [0.25, 0.3) is 0 Å². The lowest BCUT2D eigenvalue weighted by molar-refractivity contribution is -0.124. The molecule has 0 heterocycles. The Labute approximate surface area is 101 Å². The van der Waals surface area contributed by atoms with Gasteiger partial charge in [-0.1, -0.05) is 0 Å². The first-order chi connectivity index (χ1) is 7.99. The fraction of sp³-hybridized carbons (Fsp3) is 0.417. The fourth-order valence-corrected chi connectivity index (χ4v) is 1.60. The van der Waals surface area contributed by atoms with Crippen LogP contribution in [0.3, 0.4) is 0 Å². The number of ether oxygens (including phenoxy) is 2. The van der Waals surface area contributed by atoms with Gasteiger partial charge in [-0.2, -0.15) is 0 Å². The Kier molecular flexibility index (Phi) is 3.96. The summed E-state index contributed by atoms with van der Waals surface area (Å²) in [5.41, 5.74) is 5.12. The molecule has 1 aromatic carbocycles. The molecule has 0 aliphatic heterocycles. The van der Waals surface area contributed by atoms with Gasteiger partial charge >= 0.3 is 0 Å². The molecule has 0 radical (unpaired) electrons. The minimum atomic E-state index is -0.975. The van der Waals surface area contributed by atoms with Crippen LogP contribution in [0.1, 0.15) is 12.5 Å². The van der Waals surface area contributed by atoms with Gasteiger partial charge in [0.15, 0.2) is 0 Å². The van der Waals surface area contributed by atoms with Crippen molar-refractivity contribution in [1.29, 1.82) is 0 Å². The molecular weight excluding hydrogens is 220 g/mol. The summed E-state index contributed by atoms with van der Waals surface area (Å²) in [7, 11) is 4.78. The monoisotopic (exact) mass is 238 g/mol. The topological polar surface area (TPSA) is 73.6 Å². The molecule has 0 saturated carbocycles. The third kappa shape index (κ3) is 2.34. The summed E-state index contributed by atoms with van der Waals surface area (Å²) in [5, 5.41) is 2.91. The number of likely N-dealkylation sites (N-methyl/N-ethyl adjacent to an activating group) is 1. The number of benzene rings is 1. The molecule has 1 amide bonds. The van der Waals surface area contributed by atoms with Crippen LogP contribution in [0, 0.1) is 0 Å². The van der Waals surface area contributed by atoms with Gasteiger partial charge in [-0.05, 0) is 26.1 Å². The molecule has 0 saturated heterocycles. The van der Waals surface area contributed by atoms with Crippen LogP contribution in [-0.4, -0.2) is 27.2 Å². The number of carbonyl (C=O) groups excluding carboxylic acids is 1. The zero-order valence-corrected chi connectivity index (χ0v) is 10.5. The van der Waals surface area contributed by atoms with Gasteiger partial charge in [-0.3, -0.25) is 4.79 Å². The highest BCUT2D eigenvalue weighted by molar-refractivity contribution is 5.86. The second-order valence-electron chi connectivity index (χ2n) is 3.81. The maximum atomic E-state index is 11.5. The summed E-state index contributed by atoms with van der Waals surface area (Å²) in [5.74, 6) is 0.747. The number of nitrogens with one attached hydrogen (secondary N) is 1. The van der Waals surface area contributed by atoms with Crippen molar-refractivity contribution < 1.29 is 14.3 Å². The molecule has 0 aliphatic rings. The van der Waals surface area contributed by atoms with Crippen molar-refractivity contribution in [2.24, 2.45) is 5.73 Å². The summed E-state index contributed by atoms with van der Waals surface area (Å²) < 4.78 is 10.4. The van der Waals surface area contributed by atoms with Gasteiger partial charge in [0.25, 0.3) is 0 Å². The highest BCUT2D eigenvalue weighted by atomic mass is 16.5. The molecule has 17 heavy (non-hydrogen) atoms. The number of primary amides is 1. The van der Waals surface area contributed by atoms with Crippen LogP contribution in [0.5, 0.6) is 11.5 Å². The van der Waals surface area contributed by atoms with Gasteiger partial charge in [0, 0.05) is 11.6 Å². The van der Waals surface area contributed by atoms with Gasteiger partial charge in [-0.25, -0.2) is 0 Å². The molecule has 3 N–H and O–H groups in total. The molecule has 1 rings (SSSR count). The predicted octanol–water partition coefficient (Wildman–Crippen LogP) is 0.624. The van der Waals surface area contributed by atoms with E-state index in [2.05, 4.69) is 5.32 Å². The van der Waals surface area contributed by atoms with Crippen LogP contribution in [0.15, 0.2) is 18.2 Å². The molecule has 1 aromatic rings. The molecule has 0 bridgehead atoms. The zero-order chi connectivity index (χ0) is 13.1. The zero-order valence-electron chi connectivity index (χ0n) is 10.5. The molecule has 0 aromatic heterocycles. The number of carbonyl (C=O) groups is 1. The Morgan fingerprint density at radius 3 is 2.41 bits per heavy atom. The minimum Gasteiger partial charge on any atom is -0.497 e. The lowest BCUT2D eigenvalue weighted by Crippen LogP contribution is -2.48. The van der Waals surface area contributed by atoms with Crippen LogP contribution in [0.4, 0.5) is 0 Å². The predicted molar refractivity (Wildman–Crippen MR) is 65.2 cm³/mol. The summed E-state index contributed by atoms with van der Waals surface area (Å²) in [4.78, 5) is 11.5. The summed E-state index contributed by atoms with van der Waals surface area (Å²) in [6.07, 6.45) is 0. The van der Waals surface area contributed by atoms with E-state index >= 15 is 0 Å². The lowest BCUT2D eigenvalue weighted by Gasteiger charge is -2.27. The van der Waals surface area contributed by atoms with Crippen molar-refractivity contribution in [3.05, 3.63) is 23.8 Å². The average molecular weight is 238 g/mol. The van der Waals surface area contributed by atoms with E-state index in [1.165, 1.54) is 7.11 Å². The number of hydrogen-bond acceptors (Lipinski definition) is 4. The third-order valence-corrected chi connectivity index (χ3v) is 2.94. The maximum absolute atomic E-state index is 11.5. The summed E-state index contributed by atoms with van der Waals surface area (Å²) in [6.45, 7) is 1.71. The third-order valence-electron chi connectivity index (χ3n) is 2.94. The SMILES string of the molecule is CNC(C)(C(N)=O)c1ccc(OC)cc1OC. The standard InChI is InChI=1S/C12H18N2O3/c1-12(14-2,11(13)15)9-6-5-8(16-3)7-10(9)17-4/h5-7,14H,1-4H3,(H2,13,15). The van der Waals surface area contributed by atoms with E-state index in [1.54, 1.807) is 39.3 Å². The number of rotatable bonds is 5. The first-order valence-electron chi connectivity index (χ1n) is 5.21. The number of amides is 1. The molecule has 0 spiro atoms. The van der Waals surface area contributed by atoms with E-state index < -0.39 is 11.4 Å². The van der Waals surface area contributed by atoms with E-state index in [-0.39, 0.29) is 0 Å². The maximum Gasteiger partial charge on any atom is 0.242 e. The number of hydrogen-bond donors (Lipinski definition) is 2. The Balaban J connectivity index is 3.34. The average Bonchev–Trinajstić information content (AvgIpc) is 2.36. The highest BCUT2D eigenvalue weighted by Gasteiger charge is 2.34. The second kappa shape index (κ2) is 5.05. The van der Waals surface area contributed by atoms with Gasteiger partial charge in [0.05, 0.1) is 14.2 Å². The van der Waals surface area contributed by atoms with E-state index in [9.17, 15) is 4.79 Å². The normalized spacial score (nSPS) is 13.9. The summed E-state index contributed by atoms with van der Waals surface area (Å²) in [6, 6.07) is 5.24. The van der Waals surface area contributed by atoms with Gasteiger partial charge in [-0.15, -0.1) is 0 Å². The van der Waals surface area contributed by atoms with E-state index in [1.807, 2.05) is 0 Å². The van der Waals surface area contributed by atoms with E-state index in [0.29, 0.717) is 17.1 Å². The quantitative estimate of drug-likeness (QED) is 0.789. The van der Waals surface area contributed by atoms with Crippen molar-refractivity contribution in [3.8, 4) is 11.5 Å².